The zero-order chi connectivity index (χ0) is 10.6. The van der Waals surface area contributed by atoms with Crippen molar-refractivity contribution in [2.75, 3.05) is 6.61 Å². The van der Waals surface area contributed by atoms with Crippen LogP contribution in [0.25, 0.3) is 0 Å². The summed E-state index contributed by atoms with van der Waals surface area (Å²) in [6, 6.07) is 0. The van der Waals surface area contributed by atoms with Gasteiger partial charge in [-0.25, -0.2) is 0 Å². The van der Waals surface area contributed by atoms with Gasteiger partial charge in [0.2, 0.25) is 0 Å². The Morgan fingerprint density at radius 2 is 2.43 bits per heavy atom. The lowest BCUT2D eigenvalue weighted by atomic mass is 10.2. The molecule has 0 aliphatic heterocycles. The number of ketones is 1. The second-order valence-corrected chi connectivity index (χ2v) is 2.92. The van der Waals surface area contributed by atoms with E-state index in [1.807, 2.05) is 13.8 Å². The molecule has 0 N–H and O–H groups in total. The van der Waals surface area contributed by atoms with Gasteiger partial charge in [0.25, 0.3) is 0 Å². The van der Waals surface area contributed by atoms with E-state index < -0.39 is 0 Å². The second-order valence-electron chi connectivity index (χ2n) is 2.92. The Kier molecular flexibility index (Phi) is 3.45. The molecule has 0 radical (unpaired) electrons. The number of allylic oxidation sites excluding steroid dienone is 1. The Balaban J connectivity index is 2.74. The van der Waals surface area contributed by atoms with Gasteiger partial charge in [0, 0.05) is 19.3 Å². The van der Waals surface area contributed by atoms with E-state index in [-0.39, 0.29) is 5.78 Å². The van der Waals surface area contributed by atoms with E-state index >= 15 is 0 Å². The average molecular weight is 194 g/mol. The molecule has 1 aromatic heterocycles. The second kappa shape index (κ2) is 4.60. The molecule has 4 heteroatoms. The third-order valence-corrected chi connectivity index (χ3v) is 1.76. The molecule has 0 aromatic carbocycles. The number of carbonyl (C=O) groups excluding carboxylic acids is 1. The number of hydrogen-bond acceptors (Lipinski definition) is 3. The molecule has 0 aliphatic carbocycles. The fourth-order valence-corrected chi connectivity index (χ4v) is 1.14. The van der Waals surface area contributed by atoms with Crippen molar-refractivity contribution < 1.29 is 9.53 Å². The Bertz CT molecular complexity index is 353. The number of aryl methyl sites for hydroxylation is 2. The van der Waals surface area contributed by atoms with Gasteiger partial charge in [-0.3, -0.25) is 9.48 Å². The van der Waals surface area contributed by atoms with Gasteiger partial charge in [-0.1, -0.05) is 0 Å². The van der Waals surface area contributed by atoms with Crippen LogP contribution < -0.4 is 0 Å². The first-order valence-electron chi connectivity index (χ1n) is 4.48. The fraction of sp³-hybridized carbons (Fsp3) is 0.400. The maximum atomic E-state index is 11.5. The number of nitrogens with zero attached hydrogens (tertiary/aromatic N) is 2. The third-order valence-electron chi connectivity index (χ3n) is 1.76. The molecule has 0 unspecified atom stereocenters. The molecular formula is C10H14N2O2. The van der Waals surface area contributed by atoms with Crippen molar-refractivity contribution in [1.82, 2.24) is 9.78 Å². The van der Waals surface area contributed by atoms with Crippen molar-refractivity contribution in [2.24, 2.45) is 7.05 Å². The largest absolute Gasteiger partial charge is 0.501 e. The van der Waals surface area contributed by atoms with Crippen molar-refractivity contribution in [2.45, 2.75) is 13.8 Å². The minimum absolute atomic E-state index is 0.0796. The van der Waals surface area contributed by atoms with Gasteiger partial charge in [0.1, 0.15) is 0 Å². The van der Waals surface area contributed by atoms with Gasteiger partial charge in [-0.15, -0.1) is 0 Å². The maximum Gasteiger partial charge on any atom is 0.192 e. The van der Waals surface area contributed by atoms with Crippen LogP contribution in [0.3, 0.4) is 0 Å². The number of carbonyl (C=O) groups is 1. The Morgan fingerprint density at radius 1 is 1.71 bits per heavy atom. The van der Waals surface area contributed by atoms with Crippen LogP contribution in [0.1, 0.15) is 23.0 Å². The van der Waals surface area contributed by atoms with Gasteiger partial charge in [-0.2, -0.15) is 5.10 Å². The van der Waals surface area contributed by atoms with Crippen LogP contribution in [-0.2, 0) is 11.8 Å². The highest BCUT2D eigenvalue weighted by molar-refractivity contribution is 6.04. The summed E-state index contributed by atoms with van der Waals surface area (Å²) in [5, 5.41) is 4.08. The van der Waals surface area contributed by atoms with E-state index in [0.717, 1.165) is 5.69 Å². The first-order valence-corrected chi connectivity index (χ1v) is 4.48. The zero-order valence-electron chi connectivity index (χ0n) is 8.65. The van der Waals surface area contributed by atoms with Crippen LogP contribution in [0.4, 0.5) is 0 Å². The van der Waals surface area contributed by atoms with Gasteiger partial charge >= 0.3 is 0 Å². The monoisotopic (exact) mass is 194 g/mol. The topological polar surface area (TPSA) is 44.1 Å². The summed E-state index contributed by atoms with van der Waals surface area (Å²) >= 11 is 0. The number of hydrogen-bond donors (Lipinski definition) is 0. The molecule has 0 amide bonds. The third kappa shape index (κ3) is 2.45. The van der Waals surface area contributed by atoms with Crippen LogP contribution in [0.15, 0.2) is 18.5 Å². The van der Waals surface area contributed by atoms with Crippen LogP contribution in [0, 0.1) is 6.92 Å². The highest BCUT2D eigenvalue weighted by Crippen LogP contribution is 2.06. The highest BCUT2D eigenvalue weighted by atomic mass is 16.5. The summed E-state index contributed by atoms with van der Waals surface area (Å²) in [6.07, 6.45) is 4.52. The normalized spacial score (nSPS) is 10.8. The van der Waals surface area contributed by atoms with E-state index in [1.165, 1.54) is 12.3 Å². The maximum absolute atomic E-state index is 11.5. The number of rotatable bonds is 4. The van der Waals surface area contributed by atoms with Gasteiger partial charge < -0.3 is 4.74 Å². The van der Waals surface area contributed by atoms with Crippen LogP contribution in [-0.4, -0.2) is 22.2 Å². The van der Waals surface area contributed by atoms with E-state index in [0.29, 0.717) is 12.2 Å². The van der Waals surface area contributed by atoms with Gasteiger partial charge in [0.15, 0.2) is 5.78 Å². The summed E-state index contributed by atoms with van der Waals surface area (Å²) < 4.78 is 6.57. The summed E-state index contributed by atoms with van der Waals surface area (Å²) in [7, 11) is 1.79. The van der Waals surface area contributed by atoms with Crippen molar-refractivity contribution in [1.29, 1.82) is 0 Å². The number of aromatic nitrogens is 2. The molecule has 1 heterocycles. The van der Waals surface area contributed by atoms with Crippen LogP contribution >= 0.6 is 0 Å². The minimum Gasteiger partial charge on any atom is -0.501 e. The van der Waals surface area contributed by atoms with Crippen molar-refractivity contribution >= 4 is 5.78 Å². The molecule has 1 aromatic rings. The number of ether oxygens (including phenoxy) is 1. The highest BCUT2D eigenvalue weighted by Gasteiger charge is 2.08. The predicted molar refractivity (Wildman–Crippen MR) is 53.0 cm³/mol. The first-order chi connectivity index (χ1) is 6.65. The SMILES string of the molecule is CCO/C=C/C(=O)c1cn(C)nc1C. The molecule has 4 nitrogen and oxygen atoms in total. The zero-order valence-corrected chi connectivity index (χ0v) is 8.65. The molecule has 0 fully saturated rings. The Hall–Kier alpha value is -1.58. The minimum atomic E-state index is -0.0796. The molecular weight excluding hydrogens is 180 g/mol. The van der Waals surface area contributed by atoms with E-state index in [2.05, 4.69) is 5.10 Å². The van der Waals surface area contributed by atoms with E-state index in [1.54, 1.807) is 17.9 Å². The van der Waals surface area contributed by atoms with Crippen molar-refractivity contribution in [3.05, 3.63) is 29.8 Å². The van der Waals surface area contributed by atoms with Crippen molar-refractivity contribution in [3.63, 3.8) is 0 Å². The summed E-state index contributed by atoms with van der Waals surface area (Å²) in [4.78, 5) is 11.5. The van der Waals surface area contributed by atoms with Gasteiger partial charge in [0.05, 0.1) is 24.1 Å². The van der Waals surface area contributed by atoms with Crippen LogP contribution in [0.2, 0.25) is 0 Å². The molecule has 0 atom stereocenters. The summed E-state index contributed by atoms with van der Waals surface area (Å²) in [6.45, 7) is 4.24. The summed E-state index contributed by atoms with van der Waals surface area (Å²) in [5.41, 5.74) is 1.35. The van der Waals surface area contributed by atoms with Crippen LogP contribution in [0.5, 0.6) is 0 Å². The molecule has 0 aliphatic rings. The standard InChI is InChI=1S/C10H14N2O2/c1-4-14-6-5-10(13)9-7-12(3)11-8(9)2/h5-7H,4H2,1-3H3/b6-5+. The Morgan fingerprint density at radius 3 is 2.93 bits per heavy atom. The lowest BCUT2D eigenvalue weighted by Gasteiger charge is -1.92. The smallest absolute Gasteiger partial charge is 0.192 e. The van der Waals surface area contributed by atoms with E-state index in [9.17, 15) is 4.79 Å². The molecule has 0 spiro atoms. The molecule has 0 bridgehead atoms. The molecule has 0 saturated heterocycles. The quantitative estimate of drug-likeness (QED) is 0.414. The van der Waals surface area contributed by atoms with E-state index in [4.69, 9.17) is 4.74 Å². The molecule has 1 rings (SSSR count). The Labute approximate surface area is 83.2 Å². The lowest BCUT2D eigenvalue weighted by Crippen LogP contribution is -1.95. The average Bonchev–Trinajstić information content (AvgIpc) is 2.45. The molecule has 76 valence electrons. The molecule has 14 heavy (non-hydrogen) atoms. The summed E-state index contributed by atoms with van der Waals surface area (Å²) in [5.74, 6) is -0.0796. The van der Waals surface area contributed by atoms with Crippen molar-refractivity contribution in [3.8, 4) is 0 Å². The first kappa shape index (κ1) is 10.5. The lowest BCUT2D eigenvalue weighted by molar-refractivity contribution is 0.104. The fourth-order valence-electron chi connectivity index (χ4n) is 1.14. The van der Waals surface area contributed by atoms with Gasteiger partial charge in [-0.05, 0) is 13.8 Å². The molecule has 0 saturated carbocycles. The predicted octanol–water partition coefficient (Wildman–Crippen LogP) is 1.46.